The van der Waals surface area contributed by atoms with Crippen LogP contribution in [0.2, 0.25) is 0 Å². The number of aromatic nitrogens is 1. The molecule has 3 rings (SSSR count). The van der Waals surface area contributed by atoms with E-state index in [1.54, 1.807) is 44.8 Å². The number of nitrogens with one attached hydrogen (secondary N) is 1. The van der Waals surface area contributed by atoms with Gasteiger partial charge in [0.05, 0.1) is 20.6 Å². The predicted molar refractivity (Wildman–Crippen MR) is 105 cm³/mol. The number of carbonyl (C=O) groups excluding carboxylic acids is 2. The lowest BCUT2D eigenvalue weighted by Gasteiger charge is -2.32. The van der Waals surface area contributed by atoms with Gasteiger partial charge in [-0.15, -0.1) is 0 Å². The highest BCUT2D eigenvalue weighted by molar-refractivity contribution is 5.94. The molecule has 1 aliphatic rings. The van der Waals surface area contributed by atoms with Crippen LogP contribution in [0.25, 0.3) is 0 Å². The first-order valence-corrected chi connectivity index (χ1v) is 9.30. The van der Waals surface area contributed by atoms with Crippen LogP contribution in [0.3, 0.4) is 0 Å². The largest absolute Gasteiger partial charge is 0.493 e. The van der Waals surface area contributed by atoms with Crippen molar-refractivity contribution in [2.24, 2.45) is 0 Å². The van der Waals surface area contributed by atoms with E-state index in [0.717, 1.165) is 18.4 Å². The van der Waals surface area contributed by atoms with Crippen molar-refractivity contribution in [1.29, 1.82) is 0 Å². The van der Waals surface area contributed by atoms with Gasteiger partial charge in [0.2, 0.25) is 5.91 Å². The zero-order chi connectivity index (χ0) is 19.9. The third kappa shape index (κ3) is 4.79. The number of carbonyl (C=O) groups is 2. The average molecular weight is 383 g/mol. The maximum absolute atomic E-state index is 12.5. The monoisotopic (exact) mass is 383 g/mol. The van der Waals surface area contributed by atoms with Gasteiger partial charge < -0.3 is 19.7 Å². The predicted octanol–water partition coefficient (Wildman–Crippen LogP) is 2.06. The number of ether oxygens (including phenoxy) is 2. The first-order valence-electron chi connectivity index (χ1n) is 9.30. The van der Waals surface area contributed by atoms with Crippen LogP contribution in [-0.4, -0.2) is 55.0 Å². The topological polar surface area (TPSA) is 80.8 Å². The number of rotatable bonds is 6. The van der Waals surface area contributed by atoms with Crippen LogP contribution in [-0.2, 0) is 11.2 Å². The number of methoxy groups -OCH3 is 2. The lowest BCUT2D eigenvalue weighted by atomic mass is 10.0. The van der Waals surface area contributed by atoms with Gasteiger partial charge in [0.15, 0.2) is 11.5 Å². The van der Waals surface area contributed by atoms with Crippen molar-refractivity contribution in [3.8, 4) is 11.5 Å². The molecular formula is C21H25N3O4. The van der Waals surface area contributed by atoms with Crippen LogP contribution in [0.15, 0.2) is 42.7 Å². The fraction of sp³-hybridized carbons (Fsp3) is 0.381. The van der Waals surface area contributed by atoms with Crippen molar-refractivity contribution in [2.45, 2.75) is 25.3 Å². The minimum absolute atomic E-state index is 0.0116. The second-order valence-corrected chi connectivity index (χ2v) is 6.74. The summed E-state index contributed by atoms with van der Waals surface area (Å²) in [7, 11) is 3.15. The van der Waals surface area contributed by atoms with Crippen molar-refractivity contribution in [2.75, 3.05) is 27.3 Å². The molecule has 0 spiro atoms. The Morgan fingerprint density at radius 2 is 1.75 bits per heavy atom. The second kappa shape index (κ2) is 9.21. The van der Waals surface area contributed by atoms with Gasteiger partial charge in [-0.25, -0.2) is 0 Å². The van der Waals surface area contributed by atoms with Crippen LogP contribution in [0, 0.1) is 0 Å². The van der Waals surface area contributed by atoms with E-state index in [9.17, 15) is 9.59 Å². The number of pyridine rings is 1. The molecule has 2 amide bonds. The van der Waals surface area contributed by atoms with Gasteiger partial charge in [-0.05, 0) is 42.7 Å². The van der Waals surface area contributed by atoms with E-state index in [-0.39, 0.29) is 24.3 Å². The van der Waals surface area contributed by atoms with Gasteiger partial charge in [-0.2, -0.15) is 0 Å². The van der Waals surface area contributed by atoms with Gasteiger partial charge >= 0.3 is 0 Å². The summed E-state index contributed by atoms with van der Waals surface area (Å²) in [5.74, 6) is 1.22. The fourth-order valence-corrected chi connectivity index (χ4v) is 3.36. The molecule has 7 heteroatoms. The minimum atomic E-state index is -0.0360. The minimum Gasteiger partial charge on any atom is -0.493 e. The number of hydrogen-bond acceptors (Lipinski definition) is 5. The smallest absolute Gasteiger partial charge is 0.253 e. The van der Waals surface area contributed by atoms with E-state index in [2.05, 4.69) is 10.3 Å². The van der Waals surface area contributed by atoms with Crippen molar-refractivity contribution in [1.82, 2.24) is 15.2 Å². The molecule has 7 nitrogen and oxygen atoms in total. The normalized spacial score (nSPS) is 14.4. The summed E-state index contributed by atoms with van der Waals surface area (Å²) in [4.78, 5) is 30.6. The summed E-state index contributed by atoms with van der Waals surface area (Å²) in [6, 6.07) is 8.99. The van der Waals surface area contributed by atoms with Gasteiger partial charge in [0, 0.05) is 37.1 Å². The first-order chi connectivity index (χ1) is 13.6. The molecule has 1 aromatic heterocycles. The number of nitrogens with zero attached hydrogens (tertiary/aromatic N) is 2. The highest BCUT2D eigenvalue weighted by atomic mass is 16.5. The standard InChI is InChI=1S/C21H25N3O4/c1-27-18-4-3-15(13-19(18)28-2)14-20(25)23-17-7-11-24(12-8-17)21(26)16-5-9-22-10-6-16/h3-6,9-10,13,17H,7-8,11-12,14H2,1-2H3,(H,23,25). The van der Waals surface area contributed by atoms with Crippen molar-refractivity contribution in [3.63, 3.8) is 0 Å². The third-order valence-electron chi connectivity index (χ3n) is 4.89. The summed E-state index contributed by atoms with van der Waals surface area (Å²) in [5, 5.41) is 3.07. The maximum Gasteiger partial charge on any atom is 0.253 e. The summed E-state index contributed by atoms with van der Waals surface area (Å²) in [6.45, 7) is 1.25. The highest BCUT2D eigenvalue weighted by Crippen LogP contribution is 2.27. The van der Waals surface area contributed by atoms with E-state index < -0.39 is 0 Å². The summed E-state index contributed by atoms with van der Waals surface area (Å²) < 4.78 is 10.5. The molecule has 28 heavy (non-hydrogen) atoms. The molecule has 0 aliphatic carbocycles. The summed E-state index contributed by atoms with van der Waals surface area (Å²) in [6.07, 6.45) is 5.00. The van der Waals surface area contributed by atoms with E-state index in [4.69, 9.17) is 9.47 Å². The molecule has 1 fully saturated rings. The number of piperidine rings is 1. The summed E-state index contributed by atoms with van der Waals surface area (Å²) >= 11 is 0. The maximum atomic E-state index is 12.5. The lowest BCUT2D eigenvalue weighted by molar-refractivity contribution is -0.121. The molecule has 0 radical (unpaired) electrons. The Hall–Kier alpha value is -3.09. The van der Waals surface area contributed by atoms with Crippen molar-refractivity contribution >= 4 is 11.8 Å². The van der Waals surface area contributed by atoms with Crippen LogP contribution < -0.4 is 14.8 Å². The molecule has 2 heterocycles. The quantitative estimate of drug-likeness (QED) is 0.826. The SMILES string of the molecule is COc1ccc(CC(=O)NC2CCN(C(=O)c3ccncc3)CC2)cc1OC. The van der Waals surface area contributed by atoms with Crippen LogP contribution >= 0.6 is 0 Å². The molecule has 1 aliphatic heterocycles. The second-order valence-electron chi connectivity index (χ2n) is 6.74. The number of hydrogen-bond donors (Lipinski definition) is 1. The van der Waals surface area contributed by atoms with Crippen LogP contribution in [0.5, 0.6) is 11.5 Å². The number of likely N-dealkylation sites (tertiary alicyclic amines) is 1. The number of amides is 2. The van der Waals surface area contributed by atoms with Gasteiger partial charge in [0.25, 0.3) is 5.91 Å². The van der Waals surface area contributed by atoms with Crippen LogP contribution in [0.4, 0.5) is 0 Å². The zero-order valence-corrected chi connectivity index (χ0v) is 16.2. The van der Waals surface area contributed by atoms with Gasteiger partial charge in [0.1, 0.15) is 0 Å². The van der Waals surface area contributed by atoms with E-state index in [0.29, 0.717) is 30.2 Å². The van der Waals surface area contributed by atoms with Gasteiger partial charge in [-0.3, -0.25) is 14.6 Å². The van der Waals surface area contributed by atoms with E-state index in [1.807, 2.05) is 17.0 Å². The molecule has 1 N–H and O–H groups in total. The molecule has 0 bridgehead atoms. The van der Waals surface area contributed by atoms with Crippen molar-refractivity contribution < 1.29 is 19.1 Å². The van der Waals surface area contributed by atoms with E-state index >= 15 is 0 Å². The van der Waals surface area contributed by atoms with Crippen LogP contribution in [0.1, 0.15) is 28.8 Å². The third-order valence-corrected chi connectivity index (χ3v) is 4.89. The highest BCUT2D eigenvalue weighted by Gasteiger charge is 2.24. The Morgan fingerprint density at radius 3 is 2.39 bits per heavy atom. The Kier molecular flexibility index (Phi) is 6.47. The molecule has 0 atom stereocenters. The molecule has 0 unspecified atom stereocenters. The Bertz CT molecular complexity index is 818. The molecular weight excluding hydrogens is 358 g/mol. The summed E-state index contributed by atoms with van der Waals surface area (Å²) in [5.41, 5.74) is 1.51. The first kappa shape index (κ1) is 19.7. The molecule has 148 valence electrons. The molecule has 1 aromatic carbocycles. The number of benzene rings is 1. The Labute approximate surface area is 164 Å². The van der Waals surface area contributed by atoms with Crippen molar-refractivity contribution in [3.05, 3.63) is 53.9 Å². The van der Waals surface area contributed by atoms with E-state index in [1.165, 1.54) is 0 Å². The fourth-order valence-electron chi connectivity index (χ4n) is 3.36. The molecule has 0 saturated carbocycles. The Morgan fingerprint density at radius 1 is 1.07 bits per heavy atom. The lowest BCUT2D eigenvalue weighted by Crippen LogP contribution is -2.46. The van der Waals surface area contributed by atoms with Gasteiger partial charge in [-0.1, -0.05) is 6.07 Å². The zero-order valence-electron chi connectivity index (χ0n) is 16.2. The average Bonchev–Trinajstić information content (AvgIpc) is 2.74. The Balaban J connectivity index is 1.49. The molecule has 1 saturated heterocycles. The molecule has 2 aromatic rings.